The molecule has 0 N–H and O–H groups in total. The largest absolute Gasteiger partial charge is 0.463 e. The summed E-state index contributed by atoms with van der Waals surface area (Å²) in [7, 11) is 0. The molecule has 7 rings (SSSR count). The van der Waals surface area contributed by atoms with Gasteiger partial charge in [0.05, 0.1) is 28.5 Å². The zero-order valence-electron chi connectivity index (χ0n) is 25.7. The van der Waals surface area contributed by atoms with E-state index < -0.39 is 12.0 Å². The lowest BCUT2D eigenvalue weighted by molar-refractivity contribution is -0.139. The average molecular weight is 654 g/mol. The molecule has 0 unspecified atom stereocenters. The maximum atomic E-state index is 14.4. The van der Waals surface area contributed by atoms with Gasteiger partial charge in [0.15, 0.2) is 16.3 Å². The first kappa shape index (κ1) is 30.1. The third kappa shape index (κ3) is 5.13. The number of halogens is 1. The lowest BCUT2D eigenvalue weighted by atomic mass is 9.94. The standard InChI is InChI=1S/C36H32ClN3O5S/c1-4-10-27-32(35(42)43-5-2)33(22-15-16-29-30(17-22)45-20-44-29)40-34(41)31(46-36(40)38-27)18-25-21(3)39(28-14-9-7-12-24(25)28)19-23-11-6-8-13-26(23)37/h6-9,11-18,33H,4-5,10,19-20H2,1-3H3/b31-18-/t33-/m1/s1. The van der Waals surface area contributed by atoms with Crippen LogP contribution in [-0.2, 0) is 16.1 Å². The van der Waals surface area contributed by atoms with Gasteiger partial charge in [-0.25, -0.2) is 9.79 Å². The van der Waals surface area contributed by atoms with Crippen LogP contribution in [0.3, 0.4) is 0 Å². The highest BCUT2D eigenvalue weighted by Gasteiger charge is 2.35. The Kier molecular flexibility index (Phi) is 8.04. The second-order valence-electron chi connectivity index (χ2n) is 11.2. The Labute approximate surface area is 274 Å². The number of esters is 1. The van der Waals surface area contributed by atoms with Crippen molar-refractivity contribution in [1.82, 2.24) is 9.13 Å². The van der Waals surface area contributed by atoms with Gasteiger partial charge in [0.2, 0.25) is 6.79 Å². The summed E-state index contributed by atoms with van der Waals surface area (Å²) >= 11 is 7.88. The highest BCUT2D eigenvalue weighted by Crippen LogP contribution is 2.39. The minimum Gasteiger partial charge on any atom is -0.463 e. The van der Waals surface area contributed by atoms with Crippen LogP contribution in [0.4, 0.5) is 0 Å². The predicted molar refractivity (Wildman–Crippen MR) is 179 cm³/mol. The van der Waals surface area contributed by atoms with Crippen molar-refractivity contribution in [2.45, 2.75) is 46.2 Å². The topological polar surface area (TPSA) is 84.0 Å². The van der Waals surface area contributed by atoms with Gasteiger partial charge in [-0.1, -0.05) is 78.7 Å². The Bertz CT molecular complexity index is 2230. The van der Waals surface area contributed by atoms with Gasteiger partial charge in [-0.05, 0) is 61.7 Å². The Balaban J connectivity index is 1.44. The number of ether oxygens (including phenoxy) is 3. The number of rotatable bonds is 8. The van der Waals surface area contributed by atoms with E-state index in [1.54, 1.807) is 11.5 Å². The number of fused-ring (bicyclic) bond motifs is 3. The molecule has 0 saturated carbocycles. The fraction of sp³-hybridized carbons (Fsp3) is 0.250. The van der Waals surface area contributed by atoms with Crippen LogP contribution in [0.25, 0.3) is 17.0 Å². The fourth-order valence-electron chi connectivity index (χ4n) is 6.29. The van der Waals surface area contributed by atoms with Gasteiger partial charge >= 0.3 is 5.97 Å². The van der Waals surface area contributed by atoms with Gasteiger partial charge in [0.25, 0.3) is 5.56 Å². The van der Waals surface area contributed by atoms with E-state index in [4.69, 9.17) is 30.8 Å². The Morgan fingerprint density at radius 1 is 1.09 bits per heavy atom. The van der Waals surface area contributed by atoms with Crippen LogP contribution in [0, 0.1) is 6.92 Å². The molecule has 0 fully saturated rings. The van der Waals surface area contributed by atoms with Crippen molar-refractivity contribution in [3.8, 4) is 11.5 Å². The minimum absolute atomic E-state index is 0.118. The second kappa shape index (κ2) is 12.3. The van der Waals surface area contributed by atoms with Gasteiger partial charge in [-0.3, -0.25) is 9.36 Å². The normalized spacial score (nSPS) is 15.7. The van der Waals surface area contributed by atoms with Crippen LogP contribution < -0.4 is 24.4 Å². The van der Waals surface area contributed by atoms with E-state index in [0.29, 0.717) is 50.1 Å². The molecule has 10 heteroatoms. The number of hydrogen-bond donors (Lipinski definition) is 0. The van der Waals surface area contributed by atoms with Crippen LogP contribution in [0.15, 0.2) is 87.8 Å². The first-order valence-electron chi connectivity index (χ1n) is 15.3. The average Bonchev–Trinajstić information content (AvgIpc) is 3.72. The molecule has 2 aliphatic rings. The molecule has 46 heavy (non-hydrogen) atoms. The molecule has 5 aromatic rings. The third-order valence-electron chi connectivity index (χ3n) is 8.45. The van der Waals surface area contributed by atoms with Crippen LogP contribution >= 0.6 is 22.9 Å². The molecule has 8 nitrogen and oxygen atoms in total. The number of carbonyl (C=O) groups excluding carboxylic acids is 1. The summed E-state index contributed by atoms with van der Waals surface area (Å²) in [6, 6.07) is 20.8. The molecule has 0 saturated heterocycles. The first-order chi connectivity index (χ1) is 22.4. The molecule has 1 atom stereocenters. The summed E-state index contributed by atoms with van der Waals surface area (Å²) < 4.78 is 21.1. The first-order valence-corrected chi connectivity index (χ1v) is 16.5. The Hall–Kier alpha value is -4.60. The van der Waals surface area contributed by atoms with E-state index in [0.717, 1.165) is 39.7 Å². The van der Waals surface area contributed by atoms with E-state index in [1.165, 1.54) is 11.3 Å². The number of hydrogen-bond acceptors (Lipinski definition) is 7. The summed E-state index contributed by atoms with van der Waals surface area (Å²) in [5.41, 5.74) is 5.51. The smallest absolute Gasteiger partial charge is 0.338 e. The maximum absolute atomic E-state index is 14.4. The summed E-state index contributed by atoms with van der Waals surface area (Å²) in [6.45, 7) is 6.79. The summed E-state index contributed by atoms with van der Waals surface area (Å²) in [4.78, 5) is 33.4. The van der Waals surface area contributed by atoms with Crippen molar-refractivity contribution in [3.05, 3.63) is 125 Å². The molecule has 0 amide bonds. The van der Waals surface area contributed by atoms with Gasteiger partial charge < -0.3 is 18.8 Å². The van der Waals surface area contributed by atoms with Crippen molar-refractivity contribution in [3.63, 3.8) is 0 Å². The number of benzene rings is 3. The molecular formula is C36H32ClN3O5S. The van der Waals surface area contributed by atoms with E-state index in [-0.39, 0.29) is 19.0 Å². The lowest BCUT2D eigenvalue weighted by Gasteiger charge is -2.25. The molecule has 3 aromatic carbocycles. The quantitative estimate of drug-likeness (QED) is 0.184. The number of carbonyl (C=O) groups is 1. The Morgan fingerprint density at radius 3 is 2.67 bits per heavy atom. The summed E-state index contributed by atoms with van der Waals surface area (Å²) in [5, 5.41) is 1.74. The molecule has 0 bridgehead atoms. The molecule has 4 heterocycles. The van der Waals surface area contributed by atoms with Gasteiger partial charge in [0, 0.05) is 33.7 Å². The number of allylic oxidation sites excluding steroid dienone is 1. The maximum Gasteiger partial charge on any atom is 0.338 e. The van der Waals surface area contributed by atoms with Crippen LogP contribution in [-0.4, -0.2) is 28.5 Å². The van der Waals surface area contributed by atoms with Gasteiger partial charge in [-0.2, -0.15) is 0 Å². The Morgan fingerprint density at radius 2 is 1.87 bits per heavy atom. The molecule has 2 aromatic heterocycles. The number of thiazole rings is 1. The van der Waals surface area contributed by atoms with Crippen LogP contribution in [0.1, 0.15) is 55.1 Å². The number of para-hydroxylation sites is 1. The van der Waals surface area contributed by atoms with E-state index in [2.05, 4.69) is 23.6 Å². The lowest BCUT2D eigenvalue weighted by Crippen LogP contribution is -2.40. The van der Waals surface area contributed by atoms with E-state index in [9.17, 15) is 9.59 Å². The predicted octanol–water partition coefficient (Wildman–Crippen LogP) is 6.27. The third-order valence-corrected chi connectivity index (χ3v) is 9.80. The fourth-order valence-corrected chi connectivity index (χ4v) is 7.49. The zero-order valence-corrected chi connectivity index (χ0v) is 27.3. The molecule has 2 aliphatic heterocycles. The van der Waals surface area contributed by atoms with Gasteiger partial charge in [-0.15, -0.1) is 0 Å². The van der Waals surface area contributed by atoms with Crippen molar-refractivity contribution in [2.75, 3.05) is 13.4 Å². The highest BCUT2D eigenvalue weighted by atomic mass is 35.5. The van der Waals surface area contributed by atoms with E-state index >= 15 is 0 Å². The second-order valence-corrected chi connectivity index (χ2v) is 12.6. The van der Waals surface area contributed by atoms with E-state index in [1.807, 2.05) is 67.6 Å². The highest BCUT2D eigenvalue weighted by molar-refractivity contribution is 7.07. The van der Waals surface area contributed by atoms with Crippen molar-refractivity contribution < 1.29 is 19.0 Å². The van der Waals surface area contributed by atoms with Gasteiger partial charge in [0.1, 0.15) is 0 Å². The number of aromatic nitrogens is 2. The van der Waals surface area contributed by atoms with Crippen molar-refractivity contribution in [1.29, 1.82) is 0 Å². The van der Waals surface area contributed by atoms with Crippen LogP contribution in [0.5, 0.6) is 11.5 Å². The zero-order chi connectivity index (χ0) is 31.9. The number of nitrogens with zero attached hydrogens (tertiary/aromatic N) is 3. The monoisotopic (exact) mass is 653 g/mol. The summed E-state index contributed by atoms with van der Waals surface area (Å²) in [5.74, 6) is 0.708. The van der Waals surface area contributed by atoms with Crippen LogP contribution in [0.2, 0.25) is 5.02 Å². The van der Waals surface area contributed by atoms with Crippen molar-refractivity contribution in [2.24, 2.45) is 4.99 Å². The molecule has 0 radical (unpaired) electrons. The molecule has 0 spiro atoms. The molecular weight excluding hydrogens is 622 g/mol. The molecule has 0 aliphatic carbocycles. The summed E-state index contributed by atoms with van der Waals surface area (Å²) in [6.07, 6.45) is 3.29. The van der Waals surface area contributed by atoms with Crippen molar-refractivity contribution >= 4 is 45.9 Å². The SMILES string of the molecule is CCCC1=C(C(=O)OCC)[C@@H](c2ccc3c(c2)OCO3)n2c(s/c(=C\c3c(C)n(Cc4ccccc4Cl)c4ccccc34)c2=O)=N1. The minimum atomic E-state index is -0.740. The molecule has 234 valence electrons.